The SMILES string of the molecule is CC(C)(C)C(=O)NCCC(=O)Nc1ccc(S(=O)(=O)N2CCC(Cc3ccccc3)CC2)cc1. The summed E-state index contributed by atoms with van der Waals surface area (Å²) in [6.45, 7) is 6.70. The quantitative estimate of drug-likeness (QED) is 0.594. The van der Waals surface area contributed by atoms with E-state index in [1.54, 1.807) is 16.4 Å². The third-order valence-electron chi connectivity index (χ3n) is 6.04. The predicted octanol–water partition coefficient (Wildman–Crippen LogP) is 3.82. The molecule has 2 aromatic rings. The monoisotopic (exact) mass is 485 g/mol. The molecule has 34 heavy (non-hydrogen) atoms. The first-order valence-corrected chi connectivity index (χ1v) is 13.2. The van der Waals surface area contributed by atoms with Crippen molar-refractivity contribution in [1.82, 2.24) is 9.62 Å². The Morgan fingerprint density at radius 2 is 1.59 bits per heavy atom. The van der Waals surface area contributed by atoms with Gasteiger partial charge >= 0.3 is 0 Å². The van der Waals surface area contributed by atoms with E-state index in [-0.39, 0.29) is 29.7 Å². The van der Waals surface area contributed by atoms with E-state index >= 15 is 0 Å². The van der Waals surface area contributed by atoms with Crippen LogP contribution in [-0.4, -0.2) is 44.2 Å². The standard InChI is InChI=1S/C26H35N3O4S/c1-26(2,3)25(31)27-16-13-24(30)28-22-9-11-23(12-10-22)34(32,33)29-17-14-21(15-18-29)19-20-7-5-4-6-8-20/h4-12,21H,13-19H2,1-3H3,(H,27,31)(H,28,30). The maximum absolute atomic E-state index is 13.1. The van der Waals surface area contributed by atoms with Gasteiger partial charge in [-0.1, -0.05) is 51.1 Å². The molecule has 0 saturated carbocycles. The van der Waals surface area contributed by atoms with Gasteiger partial charge in [0.15, 0.2) is 0 Å². The number of piperidine rings is 1. The van der Waals surface area contributed by atoms with Crippen LogP contribution in [-0.2, 0) is 26.0 Å². The lowest BCUT2D eigenvalue weighted by Gasteiger charge is -2.31. The molecule has 0 bridgehead atoms. The highest BCUT2D eigenvalue weighted by molar-refractivity contribution is 7.89. The minimum atomic E-state index is -3.57. The van der Waals surface area contributed by atoms with E-state index in [1.165, 1.54) is 17.7 Å². The molecule has 2 N–H and O–H groups in total. The molecule has 1 saturated heterocycles. The molecule has 0 atom stereocenters. The normalized spacial score (nSPS) is 15.6. The molecule has 8 heteroatoms. The van der Waals surface area contributed by atoms with Gasteiger partial charge in [0.2, 0.25) is 21.8 Å². The molecule has 184 valence electrons. The molecule has 1 aliphatic heterocycles. The Morgan fingerprint density at radius 3 is 2.18 bits per heavy atom. The first-order chi connectivity index (χ1) is 16.1. The van der Waals surface area contributed by atoms with Gasteiger partial charge in [0, 0.05) is 37.2 Å². The maximum Gasteiger partial charge on any atom is 0.243 e. The Morgan fingerprint density at radius 1 is 0.971 bits per heavy atom. The number of anilines is 1. The second-order valence-corrected chi connectivity index (χ2v) is 11.8. The van der Waals surface area contributed by atoms with E-state index in [0.717, 1.165) is 19.3 Å². The van der Waals surface area contributed by atoms with Crippen molar-refractivity contribution in [3.8, 4) is 0 Å². The zero-order chi connectivity index (χ0) is 24.8. The fourth-order valence-electron chi connectivity index (χ4n) is 3.94. The van der Waals surface area contributed by atoms with Crippen LogP contribution in [0.5, 0.6) is 0 Å². The number of nitrogens with zero attached hydrogens (tertiary/aromatic N) is 1. The second-order valence-electron chi connectivity index (χ2n) is 9.87. The number of carbonyl (C=O) groups excluding carboxylic acids is 2. The van der Waals surface area contributed by atoms with Gasteiger partial charge in [-0.2, -0.15) is 4.31 Å². The molecule has 3 rings (SSSR count). The molecule has 0 unspecified atom stereocenters. The first-order valence-electron chi connectivity index (χ1n) is 11.8. The Bertz CT molecular complexity index is 1070. The lowest BCUT2D eigenvalue weighted by molar-refractivity contribution is -0.128. The number of hydrogen-bond donors (Lipinski definition) is 2. The summed E-state index contributed by atoms with van der Waals surface area (Å²) in [4.78, 5) is 24.2. The van der Waals surface area contributed by atoms with Crippen molar-refractivity contribution in [1.29, 1.82) is 0 Å². The van der Waals surface area contributed by atoms with Gasteiger partial charge in [-0.15, -0.1) is 0 Å². The number of carbonyl (C=O) groups is 2. The minimum Gasteiger partial charge on any atom is -0.355 e. The number of benzene rings is 2. The number of amides is 2. The summed E-state index contributed by atoms with van der Waals surface area (Å²) < 4.78 is 27.7. The third kappa shape index (κ3) is 7.14. The third-order valence-corrected chi connectivity index (χ3v) is 7.95. The largest absolute Gasteiger partial charge is 0.355 e. The second kappa shape index (κ2) is 11.1. The zero-order valence-electron chi connectivity index (χ0n) is 20.2. The molecule has 0 spiro atoms. The maximum atomic E-state index is 13.1. The summed E-state index contributed by atoms with van der Waals surface area (Å²) in [6, 6.07) is 16.6. The lowest BCUT2D eigenvalue weighted by atomic mass is 9.91. The molecule has 0 aliphatic carbocycles. The van der Waals surface area contributed by atoms with Crippen molar-refractivity contribution >= 4 is 27.5 Å². The summed E-state index contributed by atoms with van der Waals surface area (Å²) in [5.41, 5.74) is 1.31. The van der Waals surface area contributed by atoms with E-state index in [0.29, 0.717) is 24.7 Å². The van der Waals surface area contributed by atoms with Gasteiger partial charge in [-0.25, -0.2) is 8.42 Å². The number of hydrogen-bond acceptors (Lipinski definition) is 4. The Balaban J connectivity index is 1.48. The fourth-order valence-corrected chi connectivity index (χ4v) is 5.41. The molecule has 2 amide bonds. The van der Waals surface area contributed by atoms with Crippen LogP contribution >= 0.6 is 0 Å². The van der Waals surface area contributed by atoms with Crippen LogP contribution in [0.25, 0.3) is 0 Å². The number of nitrogens with one attached hydrogen (secondary N) is 2. The van der Waals surface area contributed by atoms with Gasteiger partial charge in [0.05, 0.1) is 4.90 Å². The van der Waals surface area contributed by atoms with E-state index < -0.39 is 15.4 Å². The van der Waals surface area contributed by atoms with E-state index in [4.69, 9.17) is 0 Å². The summed E-state index contributed by atoms with van der Waals surface area (Å²) in [7, 11) is -3.57. The molecular weight excluding hydrogens is 450 g/mol. The van der Waals surface area contributed by atoms with Gasteiger partial charge in [-0.05, 0) is 55.0 Å². The molecule has 7 nitrogen and oxygen atoms in total. The van der Waals surface area contributed by atoms with Gasteiger partial charge in [0.25, 0.3) is 0 Å². The van der Waals surface area contributed by atoms with Crippen molar-refractivity contribution in [2.45, 2.75) is 51.3 Å². The number of rotatable bonds is 8. The van der Waals surface area contributed by atoms with Crippen LogP contribution in [0.15, 0.2) is 59.5 Å². The van der Waals surface area contributed by atoms with Crippen LogP contribution in [0.4, 0.5) is 5.69 Å². The summed E-state index contributed by atoms with van der Waals surface area (Å²) in [6.07, 6.45) is 2.80. The fraction of sp³-hybridized carbons (Fsp3) is 0.462. The van der Waals surface area contributed by atoms with Crippen LogP contribution in [0.3, 0.4) is 0 Å². The first kappa shape index (κ1) is 25.9. The summed E-state index contributed by atoms with van der Waals surface area (Å²) >= 11 is 0. The van der Waals surface area contributed by atoms with Crippen molar-refractivity contribution < 1.29 is 18.0 Å². The van der Waals surface area contributed by atoms with Crippen molar-refractivity contribution in [3.63, 3.8) is 0 Å². The van der Waals surface area contributed by atoms with E-state index in [2.05, 4.69) is 22.8 Å². The van der Waals surface area contributed by atoms with Crippen molar-refractivity contribution in [2.24, 2.45) is 11.3 Å². The highest BCUT2D eigenvalue weighted by Gasteiger charge is 2.29. The Kier molecular flexibility index (Phi) is 8.49. The zero-order valence-corrected chi connectivity index (χ0v) is 21.0. The van der Waals surface area contributed by atoms with Crippen LogP contribution in [0.1, 0.15) is 45.6 Å². The van der Waals surface area contributed by atoms with E-state index in [1.807, 2.05) is 39.0 Å². The Labute approximate surface area is 203 Å². The molecule has 0 radical (unpaired) electrons. The van der Waals surface area contributed by atoms with E-state index in [9.17, 15) is 18.0 Å². The average Bonchev–Trinajstić information content (AvgIpc) is 2.80. The summed E-state index contributed by atoms with van der Waals surface area (Å²) in [5.74, 6) is 0.129. The lowest BCUT2D eigenvalue weighted by Crippen LogP contribution is -2.38. The molecule has 2 aromatic carbocycles. The van der Waals surface area contributed by atoms with Gasteiger partial charge in [-0.3, -0.25) is 9.59 Å². The van der Waals surface area contributed by atoms with Crippen LogP contribution in [0, 0.1) is 11.3 Å². The molecular formula is C26H35N3O4S. The Hall–Kier alpha value is -2.71. The highest BCUT2D eigenvalue weighted by Crippen LogP contribution is 2.26. The smallest absolute Gasteiger partial charge is 0.243 e. The highest BCUT2D eigenvalue weighted by atomic mass is 32.2. The molecule has 1 heterocycles. The number of sulfonamides is 1. The van der Waals surface area contributed by atoms with Crippen molar-refractivity contribution in [2.75, 3.05) is 25.0 Å². The topological polar surface area (TPSA) is 95.6 Å². The van der Waals surface area contributed by atoms with Crippen molar-refractivity contribution in [3.05, 3.63) is 60.2 Å². The minimum absolute atomic E-state index is 0.112. The molecule has 1 fully saturated rings. The average molecular weight is 486 g/mol. The molecule has 1 aliphatic rings. The van der Waals surface area contributed by atoms with Gasteiger partial charge in [0.1, 0.15) is 0 Å². The summed E-state index contributed by atoms with van der Waals surface area (Å²) in [5, 5.41) is 5.48. The van der Waals surface area contributed by atoms with Crippen LogP contribution < -0.4 is 10.6 Å². The predicted molar refractivity (Wildman–Crippen MR) is 134 cm³/mol. The molecule has 0 aromatic heterocycles. The van der Waals surface area contributed by atoms with Gasteiger partial charge < -0.3 is 10.6 Å². The van der Waals surface area contributed by atoms with Crippen LogP contribution in [0.2, 0.25) is 0 Å².